The number of fused-ring (bicyclic) bond motifs is 1. The Bertz CT molecular complexity index is 584. The van der Waals surface area contributed by atoms with Gasteiger partial charge in [0, 0.05) is 23.6 Å². The predicted octanol–water partition coefficient (Wildman–Crippen LogP) is 4.09. The van der Waals surface area contributed by atoms with Gasteiger partial charge in [0.25, 0.3) is 0 Å². The lowest BCUT2D eigenvalue weighted by Gasteiger charge is -2.03. The maximum Gasteiger partial charge on any atom is 0.335 e. The Labute approximate surface area is 113 Å². The summed E-state index contributed by atoms with van der Waals surface area (Å²) in [6.07, 6.45) is 6.65. The van der Waals surface area contributed by atoms with Crippen LogP contribution in [0.5, 0.6) is 0 Å². The Hall–Kier alpha value is -1.77. The second-order valence-electron chi connectivity index (χ2n) is 4.99. The van der Waals surface area contributed by atoms with Crippen molar-refractivity contribution in [2.24, 2.45) is 0 Å². The van der Waals surface area contributed by atoms with Gasteiger partial charge in [0.05, 0.1) is 5.56 Å². The summed E-state index contributed by atoms with van der Waals surface area (Å²) in [6.45, 7) is 5.26. The smallest absolute Gasteiger partial charge is 0.335 e. The van der Waals surface area contributed by atoms with Crippen molar-refractivity contribution < 1.29 is 9.90 Å². The maximum atomic E-state index is 11.1. The fourth-order valence-electron chi connectivity index (χ4n) is 2.49. The molecular weight excluding hydrogens is 238 g/mol. The summed E-state index contributed by atoms with van der Waals surface area (Å²) in [6, 6.07) is 5.45. The number of benzene rings is 1. The molecule has 0 unspecified atom stereocenters. The third-order valence-corrected chi connectivity index (χ3v) is 3.48. The molecule has 0 spiro atoms. The zero-order valence-corrected chi connectivity index (χ0v) is 11.6. The van der Waals surface area contributed by atoms with E-state index in [9.17, 15) is 4.79 Å². The molecular formula is C16H21NO2. The Morgan fingerprint density at radius 3 is 2.68 bits per heavy atom. The first-order valence-electron chi connectivity index (χ1n) is 7.02. The van der Waals surface area contributed by atoms with E-state index in [1.54, 1.807) is 12.1 Å². The first-order valence-corrected chi connectivity index (χ1v) is 7.02. The highest BCUT2D eigenvalue weighted by Crippen LogP contribution is 2.24. The summed E-state index contributed by atoms with van der Waals surface area (Å²) < 4.78 is 2.19. The van der Waals surface area contributed by atoms with Crippen LogP contribution >= 0.6 is 0 Å². The van der Waals surface area contributed by atoms with Crippen LogP contribution in [0.3, 0.4) is 0 Å². The van der Waals surface area contributed by atoms with E-state index in [4.69, 9.17) is 5.11 Å². The number of aryl methyl sites for hydroxylation is 2. The fraction of sp³-hybridized carbons (Fsp3) is 0.438. The molecule has 0 atom stereocenters. The highest BCUT2D eigenvalue weighted by molar-refractivity contribution is 5.94. The number of nitrogens with zero attached hydrogens (tertiary/aromatic N) is 1. The third kappa shape index (κ3) is 2.80. The molecule has 0 saturated carbocycles. The first kappa shape index (κ1) is 13.7. The van der Waals surface area contributed by atoms with Gasteiger partial charge < -0.3 is 9.67 Å². The lowest BCUT2D eigenvalue weighted by Crippen LogP contribution is -1.98. The van der Waals surface area contributed by atoms with Crippen LogP contribution in [0.4, 0.5) is 0 Å². The van der Waals surface area contributed by atoms with Crippen LogP contribution in [0.1, 0.15) is 49.0 Å². The van der Waals surface area contributed by atoms with E-state index >= 15 is 0 Å². The normalized spacial score (nSPS) is 11.1. The molecule has 3 heteroatoms. The number of rotatable bonds is 6. The van der Waals surface area contributed by atoms with Crippen LogP contribution in [0.15, 0.2) is 24.4 Å². The Kier molecular flexibility index (Phi) is 4.25. The molecule has 0 fully saturated rings. The highest BCUT2D eigenvalue weighted by atomic mass is 16.4. The summed E-state index contributed by atoms with van der Waals surface area (Å²) in [4.78, 5) is 11.1. The van der Waals surface area contributed by atoms with Gasteiger partial charge in [-0.3, -0.25) is 0 Å². The molecule has 1 aromatic carbocycles. The van der Waals surface area contributed by atoms with Gasteiger partial charge in [-0.15, -0.1) is 0 Å². The number of aromatic carboxylic acids is 1. The summed E-state index contributed by atoms with van der Waals surface area (Å²) >= 11 is 0. The number of unbranched alkanes of at least 4 members (excludes halogenated alkanes) is 1. The van der Waals surface area contributed by atoms with Crippen LogP contribution in [-0.2, 0) is 13.0 Å². The second kappa shape index (κ2) is 5.91. The molecule has 0 aliphatic carbocycles. The van der Waals surface area contributed by atoms with Crippen LogP contribution in [0.2, 0.25) is 0 Å². The van der Waals surface area contributed by atoms with Crippen molar-refractivity contribution in [1.29, 1.82) is 0 Å². The molecule has 2 rings (SSSR count). The lowest BCUT2D eigenvalue weighted by molar-refractivity contribution is 0.0697. The Morgan fingerprint density at radius 2 is 2.05 bits per heavy atom. The van der Waals surface area contributed by atoms with E-state index in [2.05, 4.69) is 24.6 Å². The predicted molar refractivity (Wildman–Crippen MR) is 77.8 cm³/mol. The van der Waals surface area contributed by atoms with Crippen LogP contribution < -0.4 is 0 Å². The lowest BCUT2D eigenvalue weighted by atomic mass is 10.1. The molecule has 0 aliphatic rings. The van der Waals surface area contributed by atoms with Crippen molar-refractivity contribution >= 4 is 16.9 Å². The van der Waals surface area contributed by atoms with Gasteiger partial charge in [-0.1, -0.05) is 26.3 Å². The molecule has 0 amide bonds. The number of carbonyl (C=O) groups is 1. The van der Waals surface area contributed by atoms with E-state index in [0.29, 0.717) is 5.56 Å². The summed E-state index contributed by atoms with van der Waals surface area (Å²) in [7, 11) is 0. The molecule has 0 saturated heterocycles. The van der Waals surface area contributed by atoms with Crippen LogP contribution in [0.25, 0.3) is 10.9 Å². The monoisotopic (exact) mass is 259 g/mol. The van der Waals surface area contributed by atoms with Crippen LogP contribution in [-0.4, -0.2) is 15.6 Å². The van der Waals surface area contributed by atoms with E-state index in [-0.39, 0.29) is 0 Å². The number of carboxylic acid groups (broad SMARTS) is 1. The molecule has 3 nitrogen and oxygen atoms in total. The molecule has 19 heavy (non-hydrogen) atoms. The Balaban J connectivity index is 2.50. The molecule has 1 N–H and O–H groups in total. The Morgan fingerprint density at radius 1 is 1.26 bits per heavy atom. The fourth-order valence-corrected chi connectivity index (χ4v) is 2.49. The van der Waals surface area contributed by atoms with Crippen LogP contribution in [0, 0.1) is 0 Å². The van der Waals surface area contributed by atoms with Gasteiger partial charge >= 0.3 is 5.97 Å². The minimum Gasteiger partial charge on any atom is -0.478 e. The third-order valence-electron chi connectivity index (χ3n) is 3.48. The maximum absolute atomic E-state index is 11.1. The molecule has 102 valence electrons. The summed E-state index contributed by atoms with van der Waals surface area (Å²) in [5, 5.41) is 10.3. The van der Waals surface area contributed by atoms with Gasteiger partial charge in [-0.05, 0) is 37.0 Å². The average molecular weight is 259 g/mol. The highest BCUT2D eigenvalue weighted by Gasteiger charge is 2.11. The van der Waals surface area contributed by atoms with E-state index in [0.717, 1.165) is 24.9 Å². The molecule has 0 aliphatic heterocycles. The largest absolute Gasteiger partial charge is 0.478 e. The first-order chi connectivity index (χ1) is 9.17. The molecule has 0 radical (unpaired) electrons. The number of carboxylic acids is 1. The molecule has 1 aromatic heterocycles. The van der Waals surface area contributed by atoms with E-state index < -0.39 is 5.97 Å². The number of hydrogen-bond acceptors (Lipinski definition) is 1. The zero-order valence-electron chi connectivity index (χ0n) is 11.6. The summed E-state index contributed by atoms with van der Waals surface area (Å²) in [5.74, 6) is -0.860. The second-order valence-corrected chi connectivity index (χ2v) is 4.99. The van der Waals surface area contributed by atoms with Crippen molar-refractivity contribution in [2.75, 3.05) is 0 Å². The van der Waals surface area contributed by atoms with E-state index in [1.807, 2.05) is 6.07 Å². The zero-order chi connectivity index (χ0) is 13.8. The van der Waals surface area contributed by atoms with Gasteiger partial charge in [0.2, 0.25) is 0 Å². The SMILES string of the molecule is CCCCc1cn(CCC)c2cc(C(=O)O)ccc12. The minimum atomic E-state index is -0.860. The number of hydrogen-bond donors (Lipinski definition) is 1. The van der Waals surface area contributed by atoms with Gasteiger partial charge in [-0.25, -0.2) is 4.79 Å². The molecule has 1 heterocycles. The van der Waals surface area contributed by atoms with Crippen molar-refractivity contribution in [3.05, 3.63) is 35.5 Å². The number of aromatic nitrogens is 1. The van der Waals surface area contributed by atoms with Gasteiger partial charge in [0.15, 0.2) is 0 Å². The minimum absolute atomic E-state index is 0.366. The van der Waals surface area contributed by atoms with Crippen molar-refractivity contribution in [3.63, 3.8) is 0 Å². The van der Waals surface area contributed by atoms with Gasteiger partial charge in [-0.2, -0.15) is 0 Å². The van der Waals surface area contributed by atoms with Gasteiger partial charge in [0.1, 0.15) is 0 Å². The quantitative estimate of drug-likeness (QED) is 0.849. The van der Waals surface area contributed by atoms with Crippen molar-refractivity contribution in [3.8, 4) is 0 Å². The summed E-state index contributed by atoms with van der Waals surface area (Å²) in [5.41, 5.74) is 2.75. The van der Waals surface area contributed by atoms with Crippen molar-refractivity contribution in [2.45, 2.75) is 46.1 Å². The topological polar surface area (TPSA) is 42.2 Å². The molecule has 0 bridgehead atoms. The standard InChI is InChI=1S/C16H21NO2/c1-3-5-6-13-11-17(9-4-2)15-10-12(16(18)19)7-8-14(13)15/h7-8,10-11H,3-6,9H2,1-2H3,(H,18,19). The molecule has 2 aromatic rings. The average Bonchev–Trinajstić information content (AvgIpc) is 2.74. The van der Waals surface area contributed by atoms with E-state index in [1.165, 1.54) is 23.8 Å². The van der Waals surface area contributed by atoms with Crippen molar-refractivity contribution in [1.82, 2.24) is 4.57 Å².